The Balaban J connectivity index is 2.34. The highest BCUT2D eigenvalue weighted by Gasteiger charge is 2.26. The number of likely N-dealkylation sites (tertiary alicyclic amines) is 1. The normalized spacial score (nSPS) is 24.1. The molecule has 0 saturated carbocycles. The summed E-state index contributed by atoms with van der Waals surface area (Å²) < 4.78 is 0. The third kappa shape index (κ3) is 6.58. The molecule has 1 aliphatic rings. The Morgan fingerprint density at radius 3 is 2.68 bits per heavy atom. The van der Waals surface area contributed by atoms with E-state index in [1.54, 1.807) is 0 Å². The number of nitrogens with two attached hydrogens (primary N) is 1. The van der Waals surface area contributed by atoms with E-state index < -0.39 is 0 Å². The smallest absolute Gasteiger partial charge is 0.226 e. The molecule has 0 radical (unpaired) electrons. The highest BCUT2D eigenvalue weighted by atomic mass is 16.1. The molecule has 3 N–H and O–H groups in total. The van der Waals surface area contributed by atoms with Crippen molar-refractivity contribution in [2.24, 2.45) is 11.7 Å². The molecule has 1 heterocycles. The van der Waals surface area contributed by atoms with E-state index in [1.165, 1.54) is 22.6 Å². The summed E-state index contributed by atoms with van der Waals surface area (Å²) in [6, 6.07) is 0. The fourth-order valence-electron chi connectivity index (χ4n) is 2.59. The number of carbonyl (C=O) groups is 1. The molecular weight excluding hydrogens is 236 g/mol. The second-order valence-electron chi connectivity index (χ2n) is 6.02. The minimum Gasteiger partial charge on any atom is -0.369 e. The van der Waals surface area contributed by atoms with Gasteiger partial charge in [-0.25, -0.2) is 0 Å². The molecule has 1 unspecified atom stereocenters. The van der Waals surface area contributed by atoms with Gasteiger partial charge in [0.2, 0.25) is 5.91 Å². The Labute approximate surface area is 117 Å². The van der Waals surface area contributed by atoms with Crippen LogP contribution in [0.1, 0.15) is 46.5 Å². The number of allylic oxidation sites excluding steroid dienone is 3. The lowest BCUT2D eigenvalue weighted by atomic mass is 9.97. The topological polar surface area (TPSA) is 47.5 Å². The van der Waals surface area contributed by atoms with E-state index in [4.69, 9.17) is 5.73 Å². The summed E-state index contributed by atoms with van der Waals surface area (Å²) in [5.74, 6) is -0.0374. The average Bonchev–Trinajstić information content (AvgIpc) is 2.36. The minimum atomic E-state index is -0.124. The molecule has 0 bridgehead atoms. The van der Waals surface area contributed by atoms with Gasteiger partial charge in [0.15, 0.2) is 0 Å². The quantitative estimate of drug-likeness (QED) is 0.702. The van der Waals surface area contributed by atoms with Gasteiger partial charge in [0.25, 0.3) is 0 Å². The number of nitrogens with one attached hydrogen (secondary N) is 1. The first-order valence-electron chi connectivity index (χ1n) is 7.41. The van der Waals surface area contributed by atoms with Crippen molar-refractivity contribution in [1.82, 2.24) is 0 Å². The molecule has 1 saturated heterocycles. The lowest BCUT2D eigenvalue weighted by molar-refractivity contribution is -0.901. The molecule has 0 aliphatic carbocycles. The van der Waals surface area contributed by atoms with Crippen LogP contribution in [0.2, 0.25) is 0 Å². The van der Waals surface area contributed by atoms with Crippen molar-refractivity contribution in [3.8, 4) is 0 Å². The fourth-order valence-corrected chi connectivity index (χ4v) is 2.59. The second-order valence-corrected chi connectivity index (χ2v) is 6.02. The predicted molar refractivity (Wildman–Crippen MR) is 79.9 cm³/mol. The number of hydrogen-bond donors (Lipinski definition) is 2. The van der Waals surface area contributed by atoms with E-state index in [0.29, 0.717) is 0 Å². The molecule has 2 atom stereocenters. The van der Waals surface area contributed by atoms with Gasteiger partial charge in [0, 0.05) is 0 Å². The summed E-state index contributed by atoms with van der Waals surface area (Å²) in [7, 11) is 0. The second kappa shape index (κ2) is 8.16. The van der Waals surface area contributed by atoms with Gasteiger partial charge in [-0.15, -0.1) is 0 Å². The van der Waals surface area contributed by atoms with Crippen molar-refractivity contribution in [2.75, 3.05) is 19.6 Å². The molecular formula is C16H29N2O+. The van der Waals surface area contributed by atoms with Crippen LogP contribution in [-0.2, 0) is 4.79 Å². The Hall–Kier alpha value is -1.09. The molecule has 3 heteroatoms. The molecule has 1 aliphatic heterocycles. The molecule has 0 aromatic rings. The predicted octanol–water partition coefficient (Wildman–Crippen LogP) is 1.46. The number of carbonyl (C=O) groups excluding carboxylic acids is 1. The van der Waals surface area contributed by atoms with Gasteiger partial charge < -0.3 is 10.6 Å². The number of hydrogen-bond acceptors (Lipinski definition) is 1. The summed E-state index contributed by atoms with van der Waals surface area (Å²) in [6.45, 7) is 9.59. The first-order valence-corrected chi connectivity index (χ1v) is 7.41. The Kier molecular flexibility index (Phi) is 6.85. The van der Waals surface area contributed by atoms with Crippen molar-refractivity contribution < 1.29 is 9.69 Å². The van der Waals surface area contributed by atoms with Crippen LogP contribution < -0.4 is 10.6 Å². The van der Waals surface area contributed by atoms with Gasteiger partial charge in [-0.2, -0.15) is 0 Å². The van der Waals surface area contributed by atoms with Crippen LogP contribution in [0.3, 0.4) is 0 Å². The molecule has 108 valence electrons. The van der Waals surface area contributed by atoms with Crippen molar-refractivity contribution >= 4 is 5.91 Å². The zero-order valence-corrected chi connectivity index (χ0v) is 12.7. The summed E-state index contributed by atoms with van der Waals surface area (Å²) in [6.07, 6.45) is 8.98. The number of quaternary nitrogens is 1. The molecule has 1 fully saturated rings. The number of rotatable bonds is 6. The van der Waals surface area contributed by atoms with E-state index >= 15 is 0 Å². The van der Waals surface area contributed by atoms with Gasteiger partial charge in [-0.3, -0.25) is 4.79 Å². The summed E-state index contributed by atoms with van der Waals surface area (Å²) >= 11 is 0. The molecule has 0 aromatic carbocycles. The van der Waals surface area contributed by atoms with E-state index in [1.807, 2.05) is 0 Å². The summed E-state index contributed by atoms with van der Waals surface area (Å²) in [4.78, 5) is 12.7. The van der Waals surface area contributed by atoms with E-state index in [0.717, 1.165) is 38.8 Å². The van der Waals surface area contributed by atoms with Crippen LogP contribution in [0.4, 0.5) is 0 Å². The molecule has 19 heavy (non-hydrogen) atoms. The molecule has 0 aromatic heterocycles. The Morgan fingerprint density at radius 2 is 2.05 bits per heavy atom. The van der Waals surface area contributed by atoms with Gasteiger partial charge in [0.1, 0.15) is 0 Å². The molecule has 0 spiro atoms. The van der Waals surface area contributed by atoms with Gasteiger partial charge >= 0.3 is 0 Å². The number of primary amides is 1. The lowest BCUT2D eigenvalue weighted by Gasteiger charge is -2.27. The Morgan fingerprint density at radius 1 is 1.32 bits per heavy atom. The van der Waals surface area contributed by atoms with E-state index in [-0.39, 0.29) is 11.8 Å². The molecule has 3 nitrogen and oxygen atoms in total. The zero-order valence-electron chi connectivity index (χ0n) is 12.7. The third-order valence-electron chi connectivity index (χ3n) is 3.85. The van der Waals surface area contributed by atoms with Crippen molar-refractivity contribution in [2.45, 2.75) is 46.5 Å². The van der Waals surface area contributed by atoms with Crippen LogP contribution in [0.15, 0.2) is 23.3 Å². The largest absolute Gasteiger partial charge is 0.369 e. The van der Waals surface area contributed by atoms with Crippen LogP contribution in [0.5, 0.6) is 0 Å². The SMILES string of the molecule is CC(C)=CCC/C(C)=C/C[NH+]1CCC[C@H](C(N)=O)C1. The number of piperidine rings is 1. The standard InChI is InChI=1S/C16H28N2O/c1-13(2)6-4-7-14(3)9-11-18-10-5-8-15(12-18)16(17)19/h6,9,15H,4-5,7-8,10-12H2,1-3H3,(H2,17,19)/p+1/b14-9+/t15-/m0/s1. The average molecular weight is 265 g/mol. The summed E-state index contributed by atoms with van der Waals surface area (Å²) in [5, 5.41) is 0. The monoisotopic (exact) mass is 265 g/mol. The maximum absolute atomic E-state index is 11.2. The van der Waals surface area contributed by atoms with Gasteiger partial charge in [-0.05, 0) is 52.5 Å². The van der Waals surface area contributed by atoms with Crippen molar-refractivity contribution in [1.29, 1.82) is 0 Å². The van der Waals surface area contributed by atoms with Gasteiger partial charge in [-0.1, -0.05) is 17.2 Å². The molecule has 1 amide bonds. The van der Waals surface area contributed by atoms with Crippen LogP contribution in [0.25, 0.3) is 0 Å². The number of amides is 1. The van der Waals surface area contributed by atoms with Crippen LogP contribution in [-0.4, -0.2) is 25.5 Å². The lowest BCUT2D eigenvalue weighted by Crippen LogP contribution is -3.13. The molecule has 1 rings (SSSR count). The highest BCUT2D eigenvalue weighted by molar-refractivity contribution is 5.76. The van der Waals surface area contributed by atoms with E-state index in [9.17, 15) is 4.79 Å². The highest BCUT2D eigenvalue weighted by Crippen LogP contribution is 2.07. The maximum Gasteiger partial charge on any atom is 0.226 e. The van der Waals surface area contributed by atoms with Crippen molar-refractivity contribution in [3.63, 3.8) is 0 Å². The third-order valence-corrected chi connectivity index (χ3v) is 3.85. The maximum atomic E-state index is 11.2. The first kappa shape index (κ1) is 16.0. The fraction of sp³-hybridized carbons (Fsp3) is 0.688. The Bertz CT molecular complexity index is 354. The van der Waals surface area contributed by atoms with Crippen LogP contribution in [0, 0.1) is 5.92 Å². The van der Waals surface area contributed by atoms with Crippen LogP contribution >= 0.6 is 0 Å². The first-order chi connectivity index (χ1) is 8.99. The summed E-state index contributed by atoms with van der Waals surface area (Å²) in [5.41, 5.74) is 8.24. The zero-order chi connectivity index (χ0) is 14.3. The van der Waals surface area contributed by atoms with Gasteiger partial charge in [0.05, 0.1) is 25.6 Å². The van der Waals surface area contributed by atoms with Crippen molar-refractivity contribution in [3.05, 3.63) is 23.3 Å². The minimum absolute atomic E-state index is 0.0862. The van der Waals surface area contributed by atoms with E-state index in [2.05, 4.69) is 32.9 Å².